The molecule has 1 unspecified atom stereocenters. The van der Waals surface area contributed by atoms with Crippen molar-refractivity contribution in [1.29, 1.82) is 0 Å². The summed E-state index contributed by atoms with van der Waals surface area (Å²) < 4.78 is 5.16. The van der Waals surface area contributed by atoms with Crippen LogP contribution in [0.15, 0.2) is 48.5 Å². The van der Waals surface area contributed by atoms with Crippen molar-refractivity contribution in [3.05, 3.63) is 59.1 Å². The fraction of sp³-hybridized carbons (Fsp3) is 0.200. The molecule has 0 aromatic heterocycles. The molecule has 2 aromatic carbocycles. The molecule has 7 heteroatoms. The lowest BCUT2D eigenvalue weighted by atomic mass is 10.0. The van der Waals surface area contributed by atoms with Crippen LogP contribution in [-0.4, -0.2) is 31.3 Å². The van der Waals surface area contributed by atoms with Crippen LogP contribution in [0, 0.1) is 12.3 Å². The highest BCUT2D eigenvalue weighted by atomic mass is 35.5. The number of alkyl halides is 1. The maximum Gasteiger partial charge on any atom is 0.248 e. The molecule has 2 amide bonds. The van der Waals surface area contributed by atoms with E-state index in [1.54, 1.807) is 55.6 Å². The zero-order valence-corrected chi connectivity index (χ0v) is 16.1. The lowest BCUT2D eigenvalue weighted by Gasteiger charge is -2.31. The first kappa shape index (κ1) is 20.6. The first-order valence-electron chi connectivity index (χ1n) is 8.00. The molecular weight excluding hydrogens is 387 g/mol. The van der Waals surface area contributed by atoms with Gasteiger partial charge in [-0.15, -0.1) is 18.0 Å². The minimum Gasteiger partial charge on any atom is -0.497 e. The fourth-order valence-electron chi connectivity index (χ4n) is 2.57. The average molecular weight is 405 g/mol. The van der Waals surface area contributed by atoms with E-state index in [1.165, 1.54) is 4.90 Å². The molecule has 1 atom stereocenters. The molecule has 0 saturated carbocycles. The summed E-state index contributed by atoms with van der Waals surface area (Å²) in [7, 11) is 1.54. The van der Waals surface area contributed by atoms with E-state index < -0.39 is 17.9 Å². The molecule has 0 aliphatic heterocycles. The maximum atomic E-state index is 12.9. The van der Waals surface area contributed by atoms with Crippen LogP contribution in [-0.2, 0) is 9.59 Å². The van der Waals surface area contributed by atoms with Gasteiger partial charge in [0.25, 0.3) is 0 Å². The van der Waals surface area contributed by atoms with Gasteiger partial charge in [0.05, 0.1) is 13.7 Å². The predicted octanol–water partition coefficient (Wildman–Crippen LogP) is 3.41. The molecule has 2 aromatic rings. The number of hydrogen-bond acceptors (Lipinski definition) is 3. The van der Waals surface area contributed by atoms with E-state index in [1.807, 2.05) is 0 Å². The molecule has 2 rings (SSSR count). The van der Waals surface area contributed by atoms with E-state index in [0.29, 0.717) is 22.0 Å². The van der Waals surface area contributed by atoms with Gasteiger partial charge in [0.1, 0.15) is 17.7 Å². The third-order valence-corrected chi connectivity index (χ3v) is 4.24. The Morgan fingerprint density at radius 3 is 2.52 bits per heavy atom. The zero-order chi connectivity index (χ0) is 19.8. The van der Waals surface area contributed by atoms with Crippen molar-refractivity contribution in [2.45, 2.75) is 6.04 Å². The predicted molar refractivity (Wildman–Crippen MR) is 107 cm³/mol. The highest BCUT2D eigenvalue weighted by Crippen LogP contribution is 2.31. The number of ether oxygens (including phenoxy) is 1. The van der Waals surface area contributed by atoms with E-state index in [2.05, 4.69) is 11.2 Å². The van der Waals surface area contributed by atoms with E-state index in [9.17, 15) is 9.59 Å². The van der Waals surface area contributed by atoms with Gasteiger partial charge in [-0.05, 0) is 35.9 Å². The number of methoxy groups -OCH3 is 1. The van der Waals surface area contributed by atoms with Gasteiger partial charge in [-0.2, -0.15) is 0 Å². The maximum absolute atomic E-state index is 12.9. The Morgan fingerprint density at radius 2 is 1.96 bits per heavy atom. The standard InChI is InChI=1S/C20H18Cl2N2O3/c1-3-11-23-20(26)19(14-7-9-17(27-2)10-8-14)24(18(25)13-21)16-6-4-5-15(22)12-16/h1,4-10,12,19H,11,13H2,2H3,(H,23,26). The van der Waals surface area contributed by atoms with Gasteiger partial charge in [0.2, 0.25) is 11.8 Å². The summed E-state index contributed by atoms with van der Waals surface area (Å²) in [5.74, 6) is 1.79. The summed E-state index contributed by atoms with van der Waals surface area (Å²) in [4.78, 5) is 26.8. The molecule has 0 aliphatic rings. The number of halogens is 2. The zero-order valence-electron chi connectivity index (χ0n) is 14.6. The molecule has 0 radical (unpaired) electrons. The van der Waals surface area contributed by atoms with Gasteiger partial charge in [0.15, 0.2) is 0 Å². The Morgan fingerprint density at radius 1 is 1.26 bits per heavy atom. The van der Waals surface area contributed by atoms with Crippen LogP contribution >= 0.6 is 23.2 Å². The lowest BCUT2D eigenvalue weighted by molar-refractivity contribution is -0.125. The Labute approximate surface area is 168 Å². The van der Waals surface area contributed by atoms with Crippen LogP contribution < -0.4 is 15.0 Å². The van der Waals surface area contributed by atoms with Gasteiger partial charge in [-0.3, -0.25) is 14.5 Å². The quantitative estimate of drug-likeness (QED) is 0.568. The van der Waals surface area contributed by atoms with Crippen LogP contribution in [0.3, 0.4) is 0 Å². The second-order valence-electron chi connectivity index (χ2n) is 5.47. The van der Waals surface area contributed by atoms with E-state index in [-0.39, 0.29) is 12.4 Å². The molecule has 0 spiro atoms. The highest BCUT2D eigenvalue weighted by Gasteiger charge is 2.32. The van der Waals surface area contributed by atoms with E-state index in [4.69, 9.17) is 34.4 Å². The second-order valence-corrected chi connectivity index (χ2v) is 6.18. The summed E-state index contributed by atoms with van der Waals surface area (Å²) in [6, 6.07) is 12.5. The Kier molecular flexibility index (Phi) is 7.54. The molecular formula is C20H18Cl2N2O3. The molecule has 5 nitrogen and oxygen atoms in total. The van der Waals surface area contributed by atoms with Gasteiger partial charge in [-0.1, -0.05) is 35.7 Å². The van der Waals surface area contributed by atoms with Crippen molar-refractivity contribution in [3.8, 4) is 18.1 Å². The summed E-state index contributed by atoms with van der Waals surface area (Å²) in [5.41, 5.74) is 1.02. The number of carbonyl (C=O) groups is 2. The van der Waals surface area contributed by atoms with Crippen molar-refractivity contribution in [3.63, 3.8) is 0 Å². The molecule has 140 valence electrons. The smallest absolute Gasteiger partial charge is 0.248 e. The third kappa shape index (κ3) is 5.16. The first-order valence-corrected chi connectivity index (χ1v) is 8.91. The minimum atomic E-state index is -0.978. The molecule has 1 N–H and O–H groups in total. The normalized spacial score (nSPS) is 11.2. The van der Waals surface area contributed by atoms with Crippen LogP contribution in [0.25, 0.3) is 0 Å². The number of anilines is 1. The molecule has 0 saturated heterocycles. The monoisotopic (exact) mass is 404 g/mol. The minimum absolute atomic E-state index is 0.0317. The first-order chi connectivity index (χ1) is 13.0. The number of carbonyl (C=O) groups excluding carboxylic acids is 2. The average Bonchev–Trinajstić information content (AvgIpc) is 2.69. The Hall–Kier alpha value is -2.68. The molecule has 0 fully saturated rings. The SMILES string of the molecule is C#CCNC(=O)C(c1ccc(OC)cc1)N(C(=O)CCl)c1cccc(Cl)c1. The topological polar surface area (TPSA) is 58.6 Å². The fourth-order valence-corrected chi connectivity index (χ4v) is 2.88. The Balaban J connectivity index is 2.56. The van der Waals surface area contributed by atoms with Crippen LogP contribution in [0.5, 0.6) is 5.75 Å². The Bertz CT molecular complexity index is 847. The largest absolute Gasteiger partial charge is 0.497 e. The number of benzene rings is 2. The second kappa shape index (κ2) is 9.86. The van der Waals surface area contributed by atoms with Crippen LogP contribution in [0.1, 0.15) is 11.6 Å². The van der Waals surface area contributed by atoms with Crippen molar-refractivity contribution in [1.82, 2.24) is 5.32 Å². The highest BCUT2D eigenvalue weighted by molar-refractivity contribution is 6.31. The number of nitrogens with one attached hydrogen (secondary N) is 1. The molecule has 0 aliphatic carbocycles. The number of amides is 2. The molecule has 0 heterocycles. The van der Waals surface area contributed by atoms with Crippen molar-refractivity contribution in [2.24, 2.45) is 0 Å². The molecule has 0 bridgehead atoms. The number of terminal acetylenes is 1. The van der Waals surface area contributed by atoms with Crippen LogP contribution in [0.4, 0.5) is 5.69 Å². The summed E-state index contributed by atoms with van der Waals surface area (Å²) >= 11 is 11.9. The van der Waals surface area contributed by atoms with Gasteiger partial charge >= 0.3 is 0 Å². The van der Waals surface area contributed by atoms with Gasteiger partial charge < -0.3 is 10.1 Å². The van der Waals surface area contributed by atoms with Gasteiger partial charge in [-0.25, -0.2) is 0 Å². The summed E-state index contributed by atoms with van der Waals surface area (Å²) in [6.07, 6.45) is 5.25. The number of nitrogens with zero attached hydrogens (tertiary/aromatic N) is 1. The summed E-state index contributed by atoms with van der Waals surface area (Å²) in [5, 5.41) is 3.06. The van der Waals surface area contributed by atoms with E-state index in [0.717, 1.165) is 0 Å². The van der Waals surface area contributed by atoms with E-state index >= 15 is 0 Å². The van der Waals surface area contributed by atoms with Gasteiger partial charge in [0, 0.05) is 10.7 Å². The third-order valence-electron chi connectivity index (χ3n) is 3.77. The van der Waals surface area contributed by atoms with Crippen molar-refractivity contribution < 1.29 is 14.3 Å². The lowest BCUT2D eigenvalue weighted by Crippen LogP contribution is -2.44. The van der Waals surface area contributed by atoms with Crippen molar-refractivity contribution >= 4 is 40.7 Å². The number of hydrogen-bond donors (Lipinski definition) is 1. The van der Waals surface area contributed by atoms with Crippen LogP contribution in [0.2, 0.25) is 5.02 Å². The number of rotatable bonds is 7. The molecule has 27 heavy (non-hydrogen) atoms. The summed E-state index contributed by atoms with van der Waals surface area (Å²) in [6.45, 7) is 0.0317. The van der Waals surface area contributed by atoms with Crippen molar-refractivity contribution in [2.75, 3.05) is 24.4 Å².